The molecule has 0 saturated carbocycles. The van der Waals surface area contributed by atoms with Gasteiger partial charge in [-0.15, -0.1) is 0 Å². The Kier molecular flexibility index (Phi) is 3.36. The van der Waals surface area contributed by atoms with E-state index < -0.39 is 0 Å². The van der Waals surface area contributed by atoms with Crippen LogP contribution in [0.3, 0.4) is 0 Å². The van der Waals surface area contributed by atoms with Gasteiger partial charge in [-0.1, -0.05) is 0 Å². The molecule has 0 aliphatic heterocycles. The number of hydrogen-bond acceptors (Lipinski definition) is 5. The molecule has 0 atom stereocenters. The molecule has 0 aliphatic rings. The zero-order valence-electron chi connectivity index (χ0n) is 10.7. The van der Waals surface area contributed by atoms with Crippen LogP contribution in [0.4, 0.5) is 0 Å². The van der Waals surface area contributed by atoms with Crippen LogP contribution in [0.2, 0.25) is 0 Å². The molecule has 0 saturated heterocycles. The van der Waals surface area contributed by atoms with E-state index in [2.05, 4.69) is 30.6 Å². The molecule has 0 spiro atoms. The maximum Gasteiger partial charge on any atom is 0.255 e. The average molecular weight is 271 g/mol. The Labute approximate surface area is 114 Å². The van der Waals surface area contributed by atoms with E-state index >= 15 is 0 Å². The summed E-state index contributed by atoms with van der Waals surface area (Å²) in [6, 6.07) is 0. The van der Waals surface area contributed by atoms with E-state index in [1.54, 1.807) is 29.3 Å². The van der Waals surface area contributed by atoms with Crippen molar-refractivity contribution in [3.63, 3.8) is 0 Å². The molecule has 102 valence electrons. The summed E-state index contributed by atoms with van der Waals surface area (Å²) < 4.78 is 1.62. The van der Waals surface area contributed by atoms with Crippen molar-refractivity contribution in [2.75, 3.05) is 6.54 Å². The zero-order chi connectivity index (χ0) is 13.8. The Morgan fingerprint density at radius 3 is 3.20 bits per heavy atom. The summed E-state index contributed by atoms with van der Waals surface area (Å²) in [4.78, 5) is 20.1. The second-order valence-electron chi connectivity index (χ2n) is 4.26. The van der Waals surface area contributed by atoms with Gasteiger partial charge in [0.15, 0.2) is 0 Å². The third kappa shape index (κ3) is 2.48. The topological polar surface area (TPSA) is 101 Å². The second kappa shape index (κ2) is 5.47. The summed E-state index contributed by atoms with van der Waals surface area (Å²) in [6.07, 6.45) is 9.50. The summed E-state index contributed by atoms with van der Waals surface area (Å²) in [7, 11) is 0. The quantitative estimate of drug-likeness (QED) is 0.646. The highest BCUT2D eigenvalue weighted by molar-refractivity contribution is 6.00. The predicted molar refractivity (Wildman–Crippen MR) is 70.0 cm³/mol. The molecule has 3 aromatic rings. The largest absolute Gasteiger partial charge is 0.352 e. The van der Waals surface area contributed by atoms with Gasteiger partial charge >= 0.3 is 0 Å². The minimum absolute atomic E-state index is 0.148. The average Bonchev–Trinajstić information content (AvgIpc) is 3.12. The van der Waals surface area contributed by atoms with Crippen LogP contribution in [-0.4, -0.2) is 42.2 Å². The number of nitrogens with one attached hydrogen (secondary N) is 2. The molecule has 0 aromatic carbocycles. The van der Waals surface area contributed by atoms with Gasteiger partial charge in [0, 0.05) is 25.4 Å². The Hall–Kier alpha value is -2.77. The number of H-pyrrole nitrogens is 1. The molecule has 20 heavy (non-hydrogen) atoms. The van der Waals surface area contributed by atoms with Crippen LogP contribution in [0.5, 0.6) is 0 Å². The maximum absolute atomic E-state index is 12.1. The molecule has 2 N–H and O–H groups in total. The monoisotopic (exact) mass is 271 g/mol. The molecule has 0 unspecified atom stereocenters. The number of aromatic nitrogens is 6. The Balaban J connectivity index is 1.56. The standard InChI is InChI=1S/C12H13N7O/c20-12(14-3-1-2-11-15-8-16-18-11)9-6-17-19-5-4-13-7-10(9)19/h4-8H,1-3H2,(H,14,20)(H,15,16,18). The van der Waals surface area contributed by atoms with Gasteiger partial charge in [-0.05, 0) is 6.42 Å². The third-order valence-corrected chi connectivity index (χ3v) is 2.91. The molecule has 0 aliphatic carbocycles. The lowest BCUT2D eigenvalue weighted by Crippen LogP contribution is -2.24. The highest BCUT2D eigenvalue weighted by Crippen LogP contribution is 2.08. The van der Waals surface area contributed by atoms with Crippen molar-refractivity contribution >= 4 is 11.4 Å². The van der Waals surface area contributed by atoms with Gasteiger partial charge in [0.25, 0.3) is 5.91 Å². The van der Waals surface area contributed by atoms with Crippen molar-refractivity contribution in [1.82, 2.24) is 35.1 Å². The molecule has 3 aromatic heterocycles. The number of aromatic amines is 1. The molecule has 8 nitrogen and oxygen atoms in total. The van der Waals surface area contributed by atoms with Crippen molar-refractivity contribution < 1.29 is 4.79 Å². The van der Waals surface area contributed by atoms with Crippen LogP contribution in [-0.2, 0) is 6.42 Å². The predicted octanol–water partition coefficient (Wildman–Crippen LogP) is 0.210. The maximum atomic E-state index is 12.1. The Morgan fingerprint density at radius 2 is 2.35 bits per heavy atom. The summed E-state index contributed by atoms with van der Waals surface area (Å²) in [6.45, 7) is 0.567. The lowest BCUT2D eigenvalue weighted by Gasteiger charge is -2.02. The normalized spacial score (nSPS) is 10.8. The zero-order valence-corrected chi connectivity index (χ0v) is 10.7. The van der Waals surface area contributed by atoms with Crippen LogP contribution in [0, 0.1) is 0 Å². The molecular weight excluding hydrogens is 258 g/mol. The molecular formula is C12H13N7O. The summed E-state index contributed by atoms with van der Waals surface area (Å²) in [5, 5.41) is 13.5. The third-order valence-electron chi connectivity index (χ3n) is 2.91. The number of fused-ring (bicyclic) bond motifs is 1. The Bertz CT molecular complexity index is 704. The van der Waals surface area contributed by atoms with Crippen LogP contribution >= 0.6 is 0 Å². The van der Waals surface area contributed by atoms with Crippen LogP contribution in [0.1, 0.15) is 22.6 Å². The lowest BCUT2D eigenvalue weighted by atomic mass is 10.2. The first-order valence-electron chi connectivity index (χ1n) is 6.24. The van der Waals surface area contributed by atoms with Crippen molar-refractivity contribution in [3.8, 4) is 0 Å². The smallest absolute Gasteiger partial charge is 0.255 e. The van der Waals surface area contributed by atoms with Crippen LogP contribution < -0.4 is 5.32 Å². The van der Waals surface area contributed by atoms with Crippen molar-refractivity contribution in [3.05, 3.63) is 42.5 Å². The van der Waals surface area contributed by atoms with E-state index in [4.69, 9.17) is 0 Å². The van der Waals surface area contributed by atoms with Gasteiger partial charge in [-0.25, -0.2) is 9.50 Å². The first-order chi connectivity index (χ1) is 9.84. The highest BCUT2D eigenvalue weighted by atomic mass is 16.1. The summed E-state index contributed by atoms with van der Waals surface area (Å²) >= 11 is 0. The van der Waals surface area contributed by atoms with E-state index in [-0.39, 0.29) is 5.91 Å². The fraction of sp³-hybridized carbons (Fsp3) is 0.250. The SMILES string of the molecule is O=C(NCCCc1ncn[nH]1)c1cnn2ccncc12. The number of carbonyl (C=O) groups excluding carboxylic acids is 1. The van der Waals surface area contributed by atoms with E-state index in [1.165, 1.54) is 6.33 Å². The molecule has 1 amide bonds. The first-order valence-corrected chi connectivity index (χ1v) is 6.24. The summed E-state index contributed by atoms with van der Waals surface area (Å²) in [5.41, 5.74) is 1.22. The fourth-order valence-corrected chi connectivity index (χ4v) is 1.91. The molecule has 3 rings (SSSR count). The number of amides is 1. The van der Waals surface area contributed by atoms with E-state index in [0.29, 0.717) is 17.6 Å². The molecule has 0 fully saturated rings. The number of carbonyl (C=O) groups is 1. The molecule has 0 bridgehead atoms. The van der Waals surface area contributed by atoms with Gasteiger partial charge < -0.3 is 5.32 Å². The van der Waals surface area contributed by atoms with E-state index in [9.17, 15) is 4.79 Å². The first kappa shape index (κ1) is 12.3. The van der Waals surface area contributed by atoms with Crippen LogP contribution in [0.25, 0.3) is 5.52 Å². The lowest BCUT2D eigenvalue weighted by molar-refractivity contribution is 0.0954. The molecule has 3 heterocycles. The van der Waals surface area contributed by atoms with E-state index in [0.717, 1.165) is 18.7 Å². The molecule has 8 heteroatoms. The van der Waals surface area contributed by atoms with Gasteiger partial charge in [0.05, 0.1) is 23.5 Å². The fourth-order valence-electron chi connectivity index (χ4n) is 1.91. The van der Waals surface area contributed by atoms with Crippen molar-refractivity contribution in [2.24, 2.45) is 0 Å². The molecule has 0 radical (unpaired) electrons. The van der Waals surface area contributed by atoms with Crippen molar-refractivity contribution in [1.29, 1.82) is 0 Å². The number of hydrogen-bond donors (Lipinski definition) is 2. The van der Waals surface area contributed by atoms with Gasteiger partial charge in [-0.2, -0.15) is 10.2 Å². The van der Waals surface area contributed by atoms with Gasteiger partial charge in [0.2, 0.25) is 0 Å². The Morgan fingerprint density at radius 1 is 1.40 bits per heavy atom. The minimum Gasteiger partial charge on any atom is -0.352 e. The highest BCUT2D eigenvalue weighted by Gasteiger charge is 2.11. The number of aryl methyl sites for hydroxylation is 1. The number of rotatable bonds is 5. The van der Waals surface area contributed by atoms with Gasteiger partial charge in [-0.3, -0.25) is 14.9 Å². The summed E-state index contributed by atoms with van der Waals surface area (Å²) in [5.74, 6) is 0.671. The number of nitrogens with zero attached hydrogens (tertiary/aromatic N) is 5. The minimum atomic E-state index is -0.148. The van der Waals surface area contributed by atoms with Crippen molar-refractivity contribution in [2.45, 2.75) is 12.8 Å². The van der Waals surface area contributed by atoms with E-state index in [1.807, 2.05) is 0 Å². The second-order valence-corrected chi connectivity index (χ2v) is 4.26. The van der Waals surface area contributed by atoms with Gasteiger partial charge in [0.1, 0.15) is 12.2 Å². The van der Waals surface area contributed by atoms with Crippen LogP contribution in [0.15, 0.2) is 31.1 Å².